The molecule has 0 aliphatic rings. The Balaban J connectivity index is 3.10. The third-order valence-corrected chi connectivity index (χ3v) is 4.74. The lowest BCUT2D eigenvalue weighted by Gasteiger charge is -2.16. The van der Waals surface area contributed by atoms with Crippen molar-refractivity contribution >= 4 is 9.84 Å². The van der Waals surface area contributed by atoms with E-state index in [0.717, 1.165) is 25.1 Å². The first kappa shape index (κ1) is 15.0. The zero-order chi connectivity index (χ0) is 13.9. The van der Waals surface area contributed by atoms with E-state index in [2.05, 4.69) is 0 Å². The standard InChI is InChI=1S/C11H14F2O4S/c1-7(18(16,17)6-8(15)5-14)11-9(12)3-2-4-10(11)13/h2-4,7-8,14-15H,5-6H2,1H3. The molecule has 0 aliphatic carbocycles. The molecule has 0 aliphatic heterocycles. The van der Waals surface area contributed by atoms with Gasteiger partial charge in [0, 0.05) is 5.56 Å². The van der Waals surface area contributed by atoms with Gasteiger partial charge >= 0.3 is 0 Å². The lowest BCUT2D eigenvalue weighted by molar-refractivity contribution is 0.112. The summed E-state index contributed by atoms with van der Waals surface area (Å²) in [5.41, 5.74) is -0.553. The molecule has 0 saturated heterocycles. The van der Waals surface area contributed by atoms with Gasteiger partial charge in [0.05, 0.1) is 23.7 Å². The Morgan fingerprint density at radius 1 is 1.28 bits per heavy atom. The largest absolute Gasteiger partial charge is 0.394 e. The summed E-state index contributed by atoms with van der Waals surface area (Å²) in [6, 6.07) is 3.07. The number of hydrogen-bond acceptors (Lipinski definition) is 4. The van der Waals surface area contributed by atoms with E-state index in [9.17, 15) is 17.2 Å². The fraction of sp³-hybridized carbons (Fsp3) is 0.455. The highest BCUT2D eigenvalue weighted by Gasteiger charge is 2.29. The van der Waals surface area contributed by atoms with Crippen molar-refractivity contribution in [2.24, 2.45) is 0 Å². The van der Waals surface area contributed by atoms with Crippen molar-refractivity contribution in [1.82, 2.24) is 0 Å². The number of hydrogen-bond donors (Lipinski definition) is 2. The van der Waals surface area contributed by atoms with Gasteiger partial charge in [-0.2, -0.15) is 0 Å². The SMILES string of the molecule is CC(c1c(F)cccc1F)S(=O)(=O)CC(O)CO. The van der Waals surface area contributed by atoms with Gasteiger partial charge in [-0.25, -0.2) is 17.2 Å². The third kappa shape index (κ3) is 3.24. The Morgan fingerprint density at radius 2 is 1.78 bits per heavy atom. The van der Waals surface area contributed by atoms with Crippen LogP contribution in [0.5, 0.6) is 0 Å². The fourth-order valence-corrected chi connectivity index (χ4v) is 3.06. The van der Waals surface area contributed by atoms with E-state index in [1.807, 2.05) is 0 Å². The van der Waals surface area contributed by atoms with E-state index in [4.69, 9.17) is 10.2 Å². The first-order valence-electron chi connectivity index (χ1n) is 5.24. The highest BCUT2D eigenvalue weighted by atomic mass is 32.2. The summed E-state index contributed by atoms with van der Waals surface area (Å²) in [6.07, 6.45) is -1.47. The van der Waals surface area contributed by atoms with Gasteiger partial charge in [-0.15, -0.1) is 0 Å². The summed E-state index contributed by atoms with van der Waals surface area (Å²) in [4.78, 5) is 0. The van der Waals surface area contributed by atoms with Crippen LogP contribution in [-0.2, 0) is 9.84 Å². The minimum atomic E-state index is -3.96. The Labute approximate surface area is 104 Å². The van der Waals surface area contributed by atoms with E-state index in [-0.39, 0.29) is 0 Å². The Morgan fingerprint density at radius 3 is 2.22 bits per heavy atom. The van der Waals surface area contributed by atoms with Crippen LogP contribution in [-0.4, -0.2) is 37.1 Å². The number of halogens is 2. The molecule has 0 aromatic heterocycles. The van der Waals surface area contributed by atoms with Crippen molar-refractivity contribution in [3.8, 4) is 0 Å². The topological polar surface area (TPSA) is 74.6 Å². The Hall–Kier alpha value is -1.05. The van der Waals surface area contributed by atoms with Gasteiger partial charge in [-0.1, -0.05) is 6.07 Å². The summed E-state index contributed by atoms with van der Waals surface area (Å²) in [7, 11) is -3.96. The van der Waals surface area contributed by atoms with Crippen LogP contribution in [0, 0.1) is 11.6 Å². The maximum absolute atomic E-state index is 13.4. The van der Waals surface area contributed by atoms with Crippen molar-refractivity contribution in [3.05, 3.63) is 35.4 Å². The van der Waals surface area contributed by atoms with Gasteiger partial charge in [0.15, 0.2) is 9.84 Å². The molecule has 0 radical (unpaired) electrons. The van der Waals surface area contributed by atoms with Crippen molar-refractivity contribution in [1.29, 1.82) is 0 Å². The molecule has 2 atom stereocenters. The molecule has 4 nitrogen and oxygen atoms in total. The number of aliphatic hydroxyl groups is 2. The minimum absolute atomic E-state index is 0.553. The fourth-order valence-electron chi connectivity index (χ4n) is 1.54. The quantitative estimate of drug-likeness (QED) is 0.836. The van der Waals surface area contributed by atoms with Crippen molar-refractivity contribution in [2.75, 3.05) is 12.4 Å². The smallest absolute Gasteiger partial charge is 0.159 e. The molecule has 1 rings (SSSR count). The normalized spacial score (nSPS) is 15.4. The average Bonchev–Trinajstić information content (AvgIpc) is 2.27. The van der Waals surface area contributed by atoms with Gasteiger partial charge in [0.25, 0.3) is 0 Å². The minimum Gasteiger partial charge on any atom is -0.394 e. The second kappa shape index (κ2) is 5.73. The molecule has 0 heterocycles. The van der Waals surface area contributed by atoms with Crippen LogP contribution in [0.25, 0.3) is 0 Å². The van der Waals surface area contributed by atoms with Crippen LogP contribution in [0.15, 0.2) is 18.2 Å². The number of rotatable bonds is 5. The van der Waals surface area contributed by atoms with Gasteiger partial charge in [0.1, 0.15) is 11.6 Å². The molecule has 1 aromatic carbocycles. The van der Waals surface area contributed by atoms with E-state index in [1.165, 1.54) is 0 Å². The summed E-state index contributed by atoms with van der Waals surface area (Å²) in [6.45, 7) is 0.409. The summed E-state index contributed by atoms with van der Waals surface area (Å²) in [5, 5.41) is 16.3. The molecule has 18 heavy (non-hydrogen) atoms. The van der Waals surface area contributed by atoms with Crippen LogP contribution in [0.4, 0.5) is 8.78 Å². The second-order valence-corrected chi connectivity index (χ2v) is 6.31. The van der Waals surface area contributed by atoms with Crippen molar-refractivity contribution < 1.29 is 27.4 Å². The maximum Gasteiger partial charge on any atom is 0.159 e. The first-order chi connectivity index (χ1) is 8.29. The molecule has 1 aromatic rings. The van der Waals surface area contributed by atoms with E-state index in [1.54, 1.807) is 0 Å². The van der Waals surface area contributed by atoms with Crippen LogP contribution >= 0.6 is 0 Å². The Bertz CT molecular complexity index is 496. The van der Waals surface area contributed by atoms with Crippen LogP contribution in [0.2, 0.25) is 0 Å². The molecule has 2 N–H and O–H groups in total. The molecular weight excluding hydrogens is 266 g/mol. The maximum atomic E-state index is 13.4. The highest BCUT2D eigenvalue weighted by Crippen LogP contribution is 2.27. The molecular formula is C11H14F2O4S. The predicted molar refractivity (Wildman–Crippen MR) is 61.7 cm³/mol. The average molecular weight is 280 g/mol. The van der Waals surface area contributed by atoms with E-state index < -0.39 is 50.7 Å². The molecule has 0 saturated carbocycles. The van der Waals surface area contributed by atoms with Crippen molar-refractivity contribution in [3.63, 3.8) is 0 Å². The lowest BCUT2D eigenvalue weighted by Crippen LogP contribution is -2.27. The summed E-state index contributed by atoms with van der Waals surface area (Å²) in [5.74, 6) is -2.66. The summed E-state index contributed by atoms with van der Waals surface area (Å²) >= 11 is 0. The van der Waals surface area contributed by atoms with Crippen LogP contribution < -0.4 is 0 Å². The second-order valence-electron chi connectivity index (χ2n) is 3.94. The number of sulfone groups is 1. The summed E-state index contributed by atoms with van der Waals surface area (Å²) < 4.78 is 50.5. The van der Waals surface area contributed by atoms with Gasteiger partial charge in [-0.05, 0) is 19.1 Å². The molecule has 0 fully saturated rings. The number of aliphatic hydroxyl groups excluding tert-OH is 2. The third-order valence-electron chi connectivity index (χ3n) is 2.58. The van der Waals surface area contributed by atoms with E-state index in [0.29, 0.717) is 0 Å². The van der Waals surface area contributed by atoms with Crippen LogP contribution in [0.1, 0.15) is 17.7 Å². The monoisotopic (exact) mass is 280 g/mol. The van der Waals surface area contributed by atoms with Gasteiger partial charge in [0.2, 0.25) is 0 Å². The Kier molecular flexibility index (Phi) is 4.78. The molecule has 0 bridgehead atoms. The first-order valence-corrected chi connectivity index (χ1v) is 6.95. The zero-order valence-electron chi connectivity index (χ0n) is 9.68. The number of benzene rings is 1. The van der Waals surface area contributed by atoms with Crippen molar-refractivity contribution in [2.45, 2.75) is 18.3 Å². The molecule has 7 heteroatoms. The van der Waals surface area contributed by atoms with Gasteiger partial charge < -0.3 is 10.2 Å². The van der Waals surface area contributed by atoms with Crippen LogP contribution in [0.3, 0.4) is 0 Å². The highest BCUT2D eigenvalue weighted by molar-refractivity contribution is 7.91. The van der Waals surface area contributed by atoms with Gasteiger partial charge in [-0.3, -0.25) is 0 Å². The molecule has 102 valence electrons. The zero-order valence-corrected chi connectivity index (χ0v) is 10.5. The van der Waals surface area contributed by atoms with E-state index >= 15 is 0 Å². The molecule has 0 amide bonds. The molecule has 0 spiro atoms. The molecule has 2 unspecified atom stereocenters. The predicted octanol–water partition coefficient (Wildman–Crippen LogP) is 0.794. The lowest BCUT2D eigenvalue weighted by atomic mass is 10.1.